The first-order valence-electron chi connectivity index (χ1n) is 8.69. The molecular formula is C18H18ClN5O3. The fourth-order valence-electron chi connectivity index (χ4n) is 3.10. The van der Waals surface area contributed by atoms with Gasteiger partial charge in [-0.2, -0.15) is 5.10 Å². The Morgan fingerprint density at radius 3 is 3.07 bits per heavy atom. The van der Waals surface area contributed by atoms with Crippen LogP contribution in [0.1, 0.15) is 12.8 Å². The lowest BCUT2D eigenvalue weighted by Crippen LogP contribution is -2.36. The second-order valence-electron chi connectivity index (χ2n) is 6.39. The number of fused-ring (bicyclic) bond motifs is 1. The minimum Gasteiger partial charge on any atom is -0.376 e. The van der Waals surface area contributed by atoms with Gasteiger partial charge in [-0.1, -0.05) is 17.7 Å². The van der Waals surface area contributed by atoms with E-state index in [0.717, 1.165) is 19.4 Å². The molecule has 1 amide bonds. The van der Waals surface area contributed by atoms with E-state index in [-0.39, 0.29) is 24.1 Å². The number of benzene rings is 1. The minimum atomic E-state index is -0.319. The van der Waals surface area contributed by atoms with Crippen LogP contribution in [0.2, 0.25) is 5.02 Å². The first-order valence-corrected chi connectivity index (χ1v) is 9.07. The number of carbonyl (C=O) groups excluding carboxylic acids is 1. The van der Waals surface area contributed by atoms with Gasteiger partial charge in [-0.3, -0.25) is 14.2 Å². The SMILES string of the molecule is O=C(Cn1cnc2c(cnn2-c2cccc(Cl)c2)c1=O)NC[C@H]1CCCO1. The summed E-state index contributed by atoms with van der Waals surface area (Å²) in [6.45, 7) is 1.09. The number of nitrogens with zero attached hydrogens (tertiary/aromatic N) is 4. The second-order valence-corrected chi connectivity index (χ2v) is 6.83. The highest BCUT2D eigenvalue weighted by molar-refractivity contribution is 6.30. The van der Waals surface area contributed by atoms with Crippen molar-refractivity contribution in [1.82, 2.24) is 24.6 Å². The van der Waals surface area contributed by atoms with Gasteiger partial charge in [0.15, 0.2) is 5.65 Å². The van der Waals surface area contributed by atoms with E-state index in [1.807, 2.05) is 6.07 Å². The fraction of sp³-hybridized carbons (Fsp3) is 0.333. The molecule has 1 aliphatic rings. The molecular weight excluding hydrogens is 370 g/mol. The zero-order valence-corrected chi connectivity index (χ0v) is 15.2. The van der Waals surface area contributed by atoms with E-state index < -0.39 is 0 Å². The van der Waals surface area contributed by atoms with Crippen molar-refractivity contribution in [2.45, 2.75) is 25.5 Å². The maximum atomic E-state index is 12.7. The minimum absolute atomic E-state index is 0.0576. The predicted molar refractivity (Wildman–Crippen MR) is 100 cm³/mol. The van der Waals surface area contributed by atoms with Gasteiger partial charge in [0.05, 0.1) is 18.0 Å². The summed E-state index contributed by atoms with van der Waals surface area (Å²) in [5.74, 6) is -0.254. The molecule has 1 atom stereocenters. The summed E-state index contributed by atoms with van der Waals surface area (Å²) in [6, 6.07) is 7.11. The second kappa shape index (κ2) is 7.50. The molecule has 0 radical (unpaired) electrons. The molecule has 1 aliphatic heterocycles. The van der Waals surface area contributed by atoms with Crippen LogP contribution in [0.25, 0.3) is 16.7 Å². The van der Waals surface area contributed by atoms with Crippen molar-refractivity contribution >= 4 is 28.5 Å². The van der Waals surface area contributed by atoms with Crippen molar-refractivity contribution in [3.05, 3.63) is 52.2 Å². The molecule has 140 valence electrons. The van der Waals surface area contributed by atoms with Crippen LogP contribution in [0.5, 0.6) is 0 Å². The van der Waals surface area contributed by atoms with Crippen molar-refractivity contribution in [2.75, 3.05) is 13.2 Å². The lowest BCUT2D eigenvalue weighted by atomic mass is 10.2. The average Bonchev–Trinajstić information content (AvgIpc) is 3.32. The Labute approximate surface area is 159 Å². The first-order chi connectivity index (χ1) is 13.1. The summed E-state index contributed by atoms with van der Waals surface area (Å²) in [4.78, 5) is 29.1. The number of nitrogens with one attached hydrogen (secondary N) is 1. The molecule has 1 fully saturated rings. The summed E-state index contributed by atoms with van der Waals surface area (Å²) >= 11 is 6.02. The Morgan fingerprint density at radius 1 is 1.41 bits per heavy atom. The van der Waals surface area contributed by atoms with Gasteiger partial charge < -0.3 is 10.1 Å². The van der Waals surface area contributed by atoms with Crippen LogP contribution >= 0.6 is 11.6 Å². The molecule has 0 unspecified atom stereocenters. The van der Waals surface area contributed by atoms with Gasteiger partial charge >= 0.3 is 0 Å². The molecule has 0 saturated carbocycles. The number of carbonyl (C=O) groups is 1. The summed E-state index contributed by atoms with van der Waals surface area (Å²) in [5, 5.41) is 7.94. The Morgan fingerprint density at radius 2 is 2.30 bits per heavy atom. The van der Waals surface area contributed by atoms with Gasteiger partial charge in [-0.15, -0.1) is 0 Å². The molecule has 27 heavy (non-hydrogen) atoms. The van der Waals surface area contributed by atoms with Gasteiger partial charge in [0.1, 0.15) is 18.3 Å². The van der Waals surface area contributed by atoms with Crippen molar-refractivity contribution < 1.29 is 9.53 Å². The van der Waals surface area contributed by atoms with Gasteiger partial charge in [0.25, 0.3) is 5.56 Å². The van der Waals surface area contributed by atoms with Crippen molar-refractivity contribution in [3.63, 3.8) is 0 Å². The molecule has 1 aromatic carbocycles. The lowest BCUT2D eigenvalue weighted by molar-refractivity contribution is -0.122. The molecule has 0 spiro atoms. The van der Waals surface area contributed by atoms with Crippen LogP contribution in [0.15, 0.2) is 41.6 Å². The third-order valence-electron chi connectivity index (χ3n) is 4.47. The topological polar surface area (TPSA) is 91.0 Å². The highest BCUT2D eigenvalue weighted by Gasteiger charge is 2.17. The van der Waals surface area contributed by atoms with E-state index in [1.54, 1.807) is 22.9 Å². The van der Waals surface area contributed by atoms with Crippen molar-refractivity contribution in [2.24, 2.45) is 0 Å². The third kappa shape index (κ3) is 3.72. The van der Waals surface area contributed by atoms with Crippen LogP contribution in [0.4, 0.5) is 0 Å². The standard InChI is InChI=1S/C18H18ClN5O3/c19-12-3-1-4-13(7-12)24-17-15(9-22-24)18(26)23(11-21-17)10-16(25)20-8-14-5-2-6-27-14/h1,3-4,7,9,11,14H,2,5-6,8,10H2,(H,20,25)/t14-/m1/s1. The van der Waals surface area contributed by atoms with Crippen LogP contribution in [0.3, 0.4) is 0 Å². The molecule has 4 rings (SSSR count). The molecule has 2 aromatic heterocycles. The van der Waals surface area contributed by atoms with E-state index in [2.05, 4.69) is 15.4 Å². The molecule has 0 aliphatic carbocycles. The van der Waals surface area contributed by atoms with Crippen LogP contribution < -0.4 is 10.9 Å². The van der Waals surface area contributed by atoms with E-state index >= 15 is 0 Å². The number of rotatable bonds is 5. The Hall–Kier alpha value is -2.71. The van der Waals surface area contributed by atoms with Gasteiger partial charge in [0, 0.05) is 18.2 Å². The smallest absolute Gasteiger partial charge is 0.264 e. The van der Waals surface area contributed by atoms with Crippen LogP contribution in [0, 0.1) is 0 Å². The number of ether oxygens (including phenoxy) is 1. The average molecular weight is 388 g/mol. The third-order valence-corrected chi connectivity index (χ3v) is 4.71. The molecule has 8 nitrogen and oxygen atoms in total. The Bertz CT molecular complexity index is 1040. The van der Waals surface area contributed by atoms with Crippen LogP contribution in [-0.4, -0.2) is 44.5 Å². The highest BCUT2D eigenvalue weighted by Crippen LogP contribution is 2.17. The van der Waals surface area contributed by atoms with E-state index in [1.165, 1.54) is 17.1 Å². The normalized spacial score (nSPS) is 16.7. The summed E-state index contributed by atoms with van der Waals surface area (Å²) in [7, 11) is 0. The molecule has 3 heterocycles. The maximum absolute atomic E-state index is 12.7. The van der Waals surface area contributed by atoms with Crippen molar-refractivity contribution in [3.8, 4) is 5.69 Å². The number of hydrogen-bond acceptors (Lipinski definition) is 5. The fourth-order valence-corrected chi connectivity index (χ4v) is 3.29. The van der Waals surface area contributed by atoms with Gasteiger partial charge in [0.2, 0.25) is 5.91 Å². The van der Waals surface area contributed by atoms with E-state index in [0.29, 0.717) is 28.3 Å². The Kier molecular flexibility index (Phi) is 4.91. The van der Waals surface area contributed by atoms with Gasteiger partial charge in [-0.25, -0.2) is 9.67 Å². The largest absolute Gasteiger partial charge is 0.376 e. The Balaban J connectivity index is 1.54. The van der Waals surface area contributed by atoms with E-state index in [9.17, 15) is 9.59 Å². The number of hydrogen-bond donors (Lipinski definition) is 1. The first kappa shape index (κ1) is 17.7. The predicted octanol–water partition coefficient (Wildman–Crippen LogP) is 1.53. The number of halogens is 1. The lowest BCUT2D eigenvalue weighted by Gasteiger charge is -2.11. The van der Waals surface area contributed by atoms with Crippen molar-refractivity contribution in [1.29, 1.82) is 0 Å². The molecule has 1 saturated heterocycles. The number of amides is 1. The number of aromatic nitrogens is 4. The molecule has 0 bridgehead atoms. The molecule has 3 aromatic rings. The highest BCUT2D eigenvalue weighted by atomic mass is 35.5. The molecule has 9 heteroatoms. The maximum Gasteiger partial charge on any atom is 0.264 e. The quantitative estimate of drug-likeness (QED) is 0.717. The zero-order chi connectivity index (χ0) is 18.8. The summed E-state index contributed by atoms with van der Waals surface area (Å²) < 4.78 is 8.29. The monoisotopic (exact) mass is 387 g/mol. The summed E-state index contributed by atoms with van der Waals surface area (Å²) in [5.41, 5.74) is 0.801. The van der Waals surface area contributed by atoms with Gasteiger partial charge in [-0.05, 0) is 31.0 Å². The summed E-state index contributed by atoms with van der Waals surface area (Å²) in [6.07, 6.45) is 4.82. The van der Waals surface area contributed by atoms with Crippen LogP contribution in [-0.2, 0) is 16.1 Å². The van der Waals surface area contributed by atoms with E-state index in [4.69, 9.17) is 16.3 Å². The molecule has 1 N–H and O–H groups in total. The zero-order valence-electron chi connectivity index (χ0n) is 14.5.